The summed E-state index contributed by atoms with van der Waals surface area (Å²) in [6.07, 6.45) is 0.555. The lowest BCUT2D eigenvalue weighted by Gasteiger charge is -2.25. The summed E-state index contributed by atoms with van der Waals surface area (Å²) in [5.74, 6) is -0.577. The van der Waals surface area contributed by atoms with E-state index >= 15 is 0 Å². The van der Waals surface area contributed by atoms with Crippen molar-refractivity contribution in [3.05, 3.63) is 35.6 Å². The van der Waals surface area contributed by atoms with Gasteiger partial charge < -0.3 is 10.2 Å². The minimum Gasteiger partial charge on any atom is -0.353 e. The fraction of sp³-hybridized carbons (Fsp3) is 0.533. The summed E-state index contributed by atoms with van der Waals surface area (Å²) in [5.41, 5.74) is 0.754. The number of rotatable bonds is 6. The zero-order chi connectivity index (χ0) is 17.0. The third-order valence-corrected chi connectivity index (χ3v) is 5.78. The fourth-order valence-corrected chi connectivity index (χ4v) is 4.08. The molecule has 1 fully saturated rings. The van der Waals surface area contributed by atoms with Crippen molar-refractivity contribution in [2.75, 3.05) is 39.5 Å². The van der Waals surface area contributed by atoms with Crippen molar-refractivity contribution < 1.29 is 17.6 Å². The van der Waals surface area contributed by atoms with Crippen molar-refractivity contribution in [2.24, 2.45) is 0 Å². The van der Waals surface area contributed by atoms with Crippen LogP contribution in [0.5, 0.6) is 0 Å². The summed E-state index contributed by atoms with van der Waals surface area (Å²) in [7, 11) is 0.398. The van der Waals surface area contributed by atoms with E-state index in [1.54, 1.807) is 12.1 Å². The smallest absolute Gasteiger partial charge is 0.235 e. The van der Waals surface area contributed by atoms with Gasteiger partial charge in [-0.25, -0.2) is 12.8 Å². The van der Waals surface area contributed by atoms with Crippen LogP contribution in [0.3, 0.4) is 0 Å². The number of carbonyl (C=O) groups excluding carboxylic acids is 1. The average Bonchev–Trinajstić information content (AvgIpc) is 2.78. The number of hydrogen-bond acceptors (Lipinski definition) is 4. The van der Waals surface area contributed by atoms with E-state index in [2.05, 4.69) is 5.32 Å². The van der Waals surface area contributed by atoms with Gasteiger partial charge in [0.1, 0.15) is 5.82 Å². The van der Waals surface area contributed by atoms with Crippen molar-refractivity contribution in [1.82, 2.24) is 14.5 Å². The van der Waals surface area contributed by atoms with Crippen LogP contribution in [0, 0.1) is 5.82 Å². The van der Waals surface area contributed by atoms with Gasteiger partial charge in [-0.05, 0) is 38.2 Å². The van der Waals surface area contributed by atoms with Gasteiger partial charge in [0.05, 0.1) is 18.3 Å². The summed E-state index contributed by atoms with van der Waals surface area (Å²) in [6.45, 7) is 0.506. The molecule has 1 aromatic rings. The molecule has 128 valence electrons. The molecular formula is C15H22FN3O3S. The first-order valence-corrected chi connectivity index (χ1v) is 9.07. The molecule has 0 spiro atoms. The first-order valence-electron chi connectivity index (χ1n) is 7.46. The van der Waals surface area contributed by atoms with Crippen LogP contribution in [-0.2, 0) is 14.8 Å². The van der Waals surface area contributed by atoms with Crippen LogP contribution >= 0.6 is 0 Å². The van der Waals surface area contributed by atoms with Gasteiger partial charge in [-0.1, -0.05) is 12.1 Å². The second-order valence-electron chi connectivity index (χ2n) is 5.84. The Morgan fingerprint density at radius 2 is 2.17 bits per heavy atom. The Kier molecular flexibility index (Phi) is 5.72. The number of nitrogens with one attached hydrogen (secondary N) is 1. The van der Waals surface area contributed by atoms with Crippen LogP contribution in [-0.4, -0.2) is 63.0 Å². The highest BCUT2D eigenvalue weighted by Gasteiger charge is 2.29. The Morgan fingerprint density at radius 3 is 2.74 bits per heavy atom. The molecule has 1 N–H and O–H groups in total. The molecule has 1 aliphatic heterocycles. The van der Waals surface area contributed by atoms with Gasteiger partial charge in [0.2, 0.25) is 15.9 Å². The van der Waals surface area contributed by atoms with E-state index < -0.39 is 10.0 Å². The summed E-state index contributed by atoms with van der Waals surface area (Å²) < 4.78 is 38.0. The van der Waals surface area contributed by atoms with Gasteiger partial charge in [0, 0.05) is 13.1 Å². The molecule has 8 heteroatoms. The molecular weight excluding hydrogens is 321 g/mol. The monoisotopic (exact) mass is 343 g/mol. The number of likely N-dealkylation sites (N-methyl/N-ethyl adjacent to an activating group) is 1. The van der Waals surface area contributed by atoms with Crippen LogP contribution in [0.25, 0.3) is 0 Å². The average molecular weight is 343 g/mol. The van der Waals surface area contributed by atoms with Crippen LogP contribution in [0.2, 0.25) is 0 Å². The molecule has 0 bridgehead atoms. The standard InChI is InChI=1S/C15H22FN3O3S/c1-18(2)14(12-5-3-6-13(16)9-12)10-17-15(20)11-19-7-4-8-23(19,21)22/h3,5-6,9,14H,4,7-8,10-11H2,1-2H3,(H,17,20). The summed E-state index contributed by atoms with van der Waals surface area (Å²) in [6, 6.07) is 6.03. The van der Waals surface area contributed by atoms with Crippen LogP contribution in [0.4, 0.5) is 4.39 Å². The van der Waals surface area contributed by atoms with Crippen LogP contribution < -0.4 is 5.32 Å². The summed E-state index contributed by atoms with van der Waals surface area (Å²) in [5, 5.41) is 2.74. The Hall–Kier alpha value is -1.51. The van der Waals surface area contributed by atoms with Crippen molar-refractivity contribution in [3.63, 3.8) is 0 Å². The molecule has 0 radical (unpaired) electrons. The van der Waals surface area contributed by atoms with Gasteiger partial charge in [-0.2, -0.15) is 4.31 Å². The highest BCUT2D eigenvalue weighted by molar-refractivity contribution is 7.89. The maximum Gasteiger partial charge on any atom is 0.235 e. The molecule has 1 atom stereocenters. The van der Waals surface area contributed by atoms with Gasteiger partial charge in [-0.3, -0.25) is 4.79 Å². The molecule has 0 aliphatic carbocycles. The predicted molar refractivity (Wildman–Crippen MR) is 85.8 cm³/mol. The third-order valence-electron chi connectivity index (χ3n) is 3.87. The second-order valence-corrected chi connectivity index (χ2v) is 7.93. The van der Waals surface area contributed by atoms with Gasteiger partial charge in [0.25, 0.3) is 0 Å². The van der Waals surface area contributed by atoms with E-state index in [-0.39, 0.29) is 36.6 Å². The zero-order valence-corrected chi connectivity index (χ0v) is 14.1. The topological polar surface area (TPSA) is 69.7 Å². The van der Waals surface area contributed by atoms with Crippen molar-refractivity contribution >= 4 is 15.9 Å². The predicted octanol–water partition coefficient (Wildman–Crippen LogP) is 0.580. The molecule has 6 nitrogen and oxygen atoms in total. The number of carbonyl (C=O) groups is 1. The van der Waals surface area contributed by atoms with E-state index in [1.807, 2.05) is 19.0 Å². The SMILES string of the molecule is CN(C)C(CNC(=O)CN1CCCS1(=O)=O)c1cccc(F)c1. The molecule has 1 heterocycles. The molecule has 1 saturated heterocycles. The molecule has 0 saturated carbocycles. The lowest BCUT2D eigenvalue weighted by Crippen LogP contribution is -2.41. The maximum absolute atomic E-state index is 13.4. The molecule has 1 aliphatic rings. The van der Waals surface area contributed by atoms with Crippen LogP contribution in [0.15, 0.2) is 24.3 Å². The minimum absolute atomic E-state index is 0.101. The Labute approximate surface area is 136 Å². The highest BCUT2D eigenvalue weighted by atomic mass is 32.2. The molecule has 2 rings (SSSR count). The van der Waals surface area contributed by atoms with Gasteiger partial charge in [0.15, 0.2) is 0 Å². The fourth-order valence-electron chi connectivity index (χ4n) is 2.61. The van der Waals surface area contributed by atoms with E-state index in [1.165, 1.54) is 16.4 Å². The van der Waals surface area contributed by atoms with E-state index in [4.69, 9.17) is 0 Å². The number of amides is 1. The third kappa shape index (κ3) is 4.73. The quantitative estimate of drug-likeness (QED) is 0.820. The Bertz CT molecular complexity index is 664. The highest BCUT2D eigenvalue weighted by Crippen LogP contribution is 2.18. The molecule has 23 heavy (non-hydrogen) atoms. The largest absolute Gasteiger partial charge is 0.353 e. The number of sulfonamides is 1. The lowest BCUT2D eigenvalue weighted by atomic mass is 10.1. The summed E-state index contributed by atoms with van der Waals surface area (Å²) in [4.78, 5) is 13.9. The van der Waals surface area contributed by atoms with Gasteiger partial charge in [-0.15, -0.1) is 0 Å². The first-order chi connectivity index (χ1) is 10.8. The molecule has 1 aromatic carbocycles. The first kappa shape index (κ1) is 17.8. The van der Waals surface area contributed by atoms with Gasteiger partial charge >= 0.3 is 0 Å². The number of nitrogens with zero attached hydrogens (tertiary/aromatic N) is 2. The van der Waals surface area contributed by atoms with Crippen molar-refractivity contribution in [2.45, 2.75) is 12.5 Å². The van der Waals surface area contributed by atoms with Crippen LogP contribution in [0.1, 0.15) is 18.0 Å². The number of halogens is 1. The zero-order valence-electron chi connectivity index (χ0n) is 13.3. The Balaban J connectivity index is 1.95. The molecule has 1 unspecified atom stereocenters. The van der Waals surface area contributed by atoms with E-state index in [0.717, 1.165) is 5.56 Å². The lowest BCUT2D eigenvalue weighted by molar-refractivity contribution is -0.121. The minimum atomic E-state index is -3.28. The summed E-state index contributed by atoms with van der Waals surface area (Å²) >= 11 is 0. The maximum atomic E-state index is 13.4. The second kappa shape index (κ2) is 7.37. The van der Waals surface area contributed by atoms with E-state index in [0.29, 0.717) is 13.0 Å². The number of hydrogen-bond donors (Lipinski definition) is 1. The Morgan fingerprint density at radius 1 is 1.43 bits per heavy atom. The van der Waals surface area contributed by atoms with E-state index in [9.17, 15) is 17.6 Å². The molecule has 1 amide bonds. The molecule has 0 aromatic heterocycles. The van der Waals surface area contributed by atoms with Crippen molar-refractivity contribution in [1.29, 1.82) is 0 Å². The van der Waals surface area contributed by atoms with Crippen molar-refractivity contribution in [3.8, 4) is 0 Å². The number of benzene rings is 1. The normalized spacial score (nSPS) is 19.0.